The maximum absolute atomic E-state index is 13.5. The lowest BCUT2D eigenvalue weighted by molar-refractivity contribution is -0.137. The highest BCUT2D eigenvalue weighted by atomic mass is 32.2. The molecule has 0 aliphatic carbocycles. The number of piperidine rings is 1. The first-order chi connectivity index (χ1) is 16.9. The third-order valence-corrected chi connectivity index (χ3v) is 9.20. The van der Waals surface area contributed by atoms with Crippen molar-refractivity contribution in [1.29, 1.82) is 0 Å². The van der Waals surface area contributed by atoms with Crippen molar-refractivity contribution < 1.29 is 17.9 Å². The van der Waals surface area contributed by atoms with Crippen LogP contribution in [-0.4, -0.2) is 55.3 Å². The van der Waals surface area contributed by atoms with Gasteiger partial charge in [0.25, 0.3) is 0 Å². The van der Waals surface area contributed by atoms with Crippen LogP contribution in [0.15, 0.2) is 59.6 Å². The summed E-state index contributed by atoms with van der Waals surface area (Å²) in [5.74, 6) is 0.783. The van der Waals surface area contributed by atoms with E-state index in [1.165, 1.54) is 4.31 Å². The molecule has 0 spiro atoms. The zero-order chi connectivity index (χ0) is 24.6. The molecule has 0 radical (unpaired) electrons. The Kier molecular flexibility index (Phi) is 6.51. The standard InChI is InChI=1S/C27H31N3O4S/c1-19-17-22-5-3-7-25(26(22)28-18-19)35(32,33)29-15-12-21(13-16-29)27(31)30-14-4-6-24(30)20-8-10-23(34-2)11-9-20/h3,5,7-11,17-18,21,24H,4,6,12-16H2,1-2H3/t24-/m0/s1. The van der Waals surface area contributed by atoms with E-state index >= 15 is 0 Å². The first-order valence-electron chi connectivity index (χ1n) is 12.2. The normalized spacial score (nSPS) is 19.8. The Balaban J connectivity index is 1.29. The van der Waals surface area contributed by atoms with Gasteiger partial charge in [0.2, 0.25) is 15.9 Å². The summed E-state index contributed by atoms with van der Waals surface area (Å²) in [5, 5.41) is 0.815. The van der Waals surface area contributed by atoms with Crippen LogP contribution >= 0.6 is 0 Å². The van der Waals surface area contributed by atoms with Crippen LogP contribution in [0.3, 0.4) is 0 Å². The second-order valence-corrected chi connectivity index (χ2v) is 11.4. The molecule has 5 rings (SSSR count). The van der Waals surface area contributed by atoms with Crippen LogP contribution in [0.25, 0.3) is 10.9 Å². The van der Waals surface area contributed by atoms with Crippen molar-refractivity contribution >= 4 is 26.8 Å². The van der Waals surface area contributed by atoms with Crippen LogP contribution in [0.4, 0.5) is 0 Å². The Hall–Kier alpha value is -2.97. The molecule has 1 amide bonds. The third-order valence-electron chi connectivity index (χ3n) is 7.27. The number of sulfonamides is 1. The van der Waals surface area contributed by atoms with Crippen molar-refractivity contribution in [2.75, 3.05) is 26.7 Å². The average Bonchev–Trinajstić information content (AvgIpc) is 3.38. The average molecular weight is 494 g/mol. The summed E-state index contributed by atoms with van der Waals surface area (Å²) in [6, 6.07) is 15.2. The molecule has 8 heteroatoms. The largest absolute Gasteiger partial charge is 0.497 e. The monoisotopic (exact) mass is 493 g/mol. The van der Waals surface area contributed by atoms with Crippen LogP contribution in [0.5, 0.6) is 5.75 Å². The Labute approximate surface area is 206 Å². The topological polar surface area (TPSA) is 79.8 Å². The van der Waals surface area contributed by atoms with Crippen molar-refractivity contribution in [3.63, 3.8) is 0 Å². The molecule has 1 atom stereocenters. The predicted molar refractivity (Wildman–Crippen MR) is 135 cm³/mol. The van der Waals surface area contributed by atoms with Gasteiger partial charge in [0.05, 0.1) is 18.7 Å². The van der Waals surface area contributed by atoms with E-state index < -0.39 is 10.0 Å². The van der Waals surface area contributed by atoms with Crippen LogP contribution < -0.4 is 4.74 Å². The number of pyridine rings is 1. The molecular formula is C27H31N3O4S. The van der Waals surface area contributed by atoms with Gasteiger partial charge in [-0.15, -0.1) is 0 Å². The van der Waals surface area contributed by atoms with Gasteiger partial charge in [0.15, 0.2) is 0 Å². The number of benzene rings is 2. The van der Waals surface area contributed by atoms with Gasteiger partial charge < -0.3 is 9.64 Å². The number of aryl methyl sites for hydroxylation is 1. The molecule has 3 aromatic rings. The van der Waals surface area contributed by atoms with E-state index in [2.05, 4.69) is 4.98 Å². The zero-order valence-corrected chi connectivity index (χ0v) is 21.0. The van der Waals surface area contributed by atoms with Gasteiger partial charge in [0, 0.05) is 37.1 Å². The fourth-order valence-electron chi connectivity index (χ4n) is 5.37. The maximum atomic E-state index is 13.5. The molecule has 35 heavy (non-hydrogen) atoms. The van der Waals surface area contributed by atoms with Crippen molar-refractivity contribution in [2.45, 2.75) is 43.5 Å². The molecular weight excluding hydrogens is 462 g/mol. The van der Waals surface area contributed by atoms with E-state index in [1.807, 2.05) is 48.2 Å². The summed E-state index contributed by atoms with van der Waals surface area (Å²) in [7, 11) is -2.05. The Morgan fingerprint density at radius 2 is 1.77 bits per heavy atom. The molecule has 1 aromatic heterocycles. The highest BCUT2D eigenvalue weighted by molar-refractivity contribution is 7.89. The minimum Gasteiger partial charge on any atom is -0.497 e. The van der Waals surface area contributed by atoms with Crippen molar-refractivity contribution in [3.05, 3.63) is 65.9 Å². The number of ether oxygens (including phenoxy) is 1. The molecule has 0 bridgehead atoms. The fourth-order valence-corrected chi connectivity index (χ4v) is 7.01. The van der Waals surface area contributed by atoms with Crippen molar-refractivity contribution in [2.24, 2.45) is 5.92 Å². The molecule has 2 aliphatic heterocycles. The maximum Gasteiger partial charge on any atom is 0.245 e. The van der Waals surface area contributed by atoms with E-state index in [4.69, 9.17) is 4.74 Å². The summed E-state index contributed by atoms with van der Waals surface area (Å²) in [6.45, 7) is 3.36. The lowest BCUT2D eigenvalue weighted by Crippen LogP contribution is -2.44. The highest BCUT2D eigenvalue weighted by Gasteiger charge is 2.38. The predicted octanol–water partition coefficient (Wildman–Crippen LogP) is 4.32. The molecule has 2 aliphatic rings. The molecule has 2 saturated heterocycles. The van der Waals surface area contributed by atoms with Crippen molar-refractivity contribution in [3.8, 4) is 5.75 Å². The number of likely N-dealkylation sites (tertiary alicyclic amines) is 1. The quantitative estimate of drug-likeness (QED) is 0.529. The third kappa shape index (κ3) is 4.52. The summed E-state index contributed by atoms with van der Waals surface area (Å²) >= 11 is 0. The number of rotatable bonds is 5. The molecule has 3 heterocycles. The Bertz CT molecular complexity index is 1330. The number of carbonyl (C=O) groups is 1. The molecule has 184 valence electrons. The van der Waals surface area contributed by atoms with Crippen molar-refractivity contribution in [1.82, 2.24) is 14.2 Å². The van der Waals surface area contributed by atoms with E-state index in [-0.39, 0.29) is 22.8 Å². The molecule has 2 aromatic carbocycles. The number of para-hydroxylation sites is 1. The number of hydrogen-bond donors (Lipinski definition) is 0. The van der Waals surface area contributed by atoms with Gasteiger partial charge in [-0.1, -0.05) is 24.3 Å². The van der Waals surface area contributed by atoms with Crippen LogP contribution in [0.2, 0.25) is 0 Å². The molecule has 0 N–H and O–H groups in total. The summed E-state index contributed by atoms with van der Waals surface area (Å²) < 4.78 is 33.8. The number of methoxy groups -OCH3 is 1. The van der Waals surface area contributed by atoms with E-state index in [0.717, 1.165) is 41.6 Å². The summed E-state index contributed by atoms with van der Waals surface area (Å²) in [5.41, 5.74) is 2.60. The zero-order valence-electron chi connectivity index (χ0n) is 20.2. The van der Waals surface area contributed by atoms with Gasteiger partial charge in [-0.05, 0) is 68.0 Å². The van der Waals surface area contributed by atoms with Gasteiger partial charge >= 0.3 is 0 Å². The van der Waals surface area contributed by atoms with E-state index in [1.54, 1.807) is 25.4 Å². The number of nitrogens with zero attached hydrogens (tertiary/aromatic N) is 3. The smallest absolute Gasteiger partial charge is 0.245 e. The number of fused-ring (bicyclic) bond motifs is 1. The lowest BCUT2D eigenvalue weighted by Gasteiger charge is -2.34. The highest BCUT2D eigenvalue weighted by Crippen LogP contribution is 2.36. The number of carbonyl (C=O) groups excluding carboxylic acids is 1. The second kappa shape index (κ2) is 9.59. The molecule has 0 saturated carbocycles. The SMILES string of the molecule is COc1ccc([C@@H]2CCCN2C(=O)C2CCN(S(=O)(=O)c3cccc4cc(C)cnc34)CC2)cc1. The minimum absolute atomic E-state index is 0.0698. The van der Waals surface area contributed by atoms with E-state index in [9.17, 15) is 13.2 Å². The minimum atomic E-state index is -3.70. The number of amides is 1. The second-order valence-electron chi connectivity index (χ2n) is 9.48. The first-order valence-corrected chi connectivity index (χ1v) is 13.6. The number of hydrogen-bond acceptors (Lipinski definition) is 5. The summed E-state index contributed by atoms with van der Waals surface area (Å²) in [6.07, 6.45) is 4.67. The molecule has 0 unspecified atom stereocenters. The lowest BCUT2D eigenvalue weighted by atomic mass is 9.95. The van der Waals surface area contributed by atoms with E-state index in [0.29, 0.717) is 31.4 Å². The van der Waals surface area contributed by atoms with Crippen LogP contribution in [0, 0.1) is 12.8 Å². The van der Waals surface area contributed by atoms with Gasteiger partial charge in [-0.2, -0.15) is 4.31 Å². The van der Waals surface area contributed by atoms with Gasteiger partial charge in [-0.3, -0.25) is 9.78 Å². The first kappa shape index (κ1) is 23.8. The molecule has 2 fully saturated rings. The van der Waals surface area contributed by atoms with Gasteiger partial charge in [0.1, 0.15) is 10.6 Å². The Morgan fingerprint density at radius 3 is 2.49 bits per heavy atom. The molecule has 7 nitrogen and oxygen atoms in total. The van der Waals surface area contributed by atoms with Crippen LogP contribution in [-0.2, 0) is 14.8 Å². The van der Waals surface area contributed by atoms with Crippen LogP contribution in [0.1, 0.15) is 42.9 Å². The van der Waals surface area contributed by atoms with Gasteiger partial charge in [-0.25, -0.2) is 8.42 Å². The fraction of sp³-hybridized carbons (Fsp3) is 0.407. The summed E-state index contributed by atoms with van der Waals surface area (Å²) in [4.78, 5) is 20.1. The Morgan fingerprint density at radius 1 is 1.03 bits per heavy atom. The number of aromatic nitrogens is 1.